The average Bonchev–Trinajstić information content (AvgIpc) is 2.79. The van der Waals surface area contributed by atoms with Gasteiger partial charge in [-0.05, 0) is 30.2 Å². The highest BCUT2D eigenvalue weighted by Gasteiger charge is 2.27. The summed E-state index contributed by atoms with van der Waals surface area (Å²) in [6.07, 6.45) is -4.42. The Bertz CT molecular complexity index is 1230. The molecule has 0 atom stereocenters. The first-order chi connectivity index (χ1) is 17.0. The van der Waals surface area contributed by atoms with E-state index in [1.165, 1.54) is 18.2 Å². The molecule has 7 nitrogen and oxygen atoms in total. The van der Waals surface area contributed by atoms with Crippen LogP contribution in [0.4, 0.5) is 17.6 Å². The number of alkyl halides is 3. The van der Waals surface area contributed by atoms with Crippen LogP contribution in [0.3, 0.4) is 0 Å². The fourth-order valence-electron chi connectivity index (χ4n) is 3.18. The molecule has 12 heteroatoms. The van der Waals surface area contributed by atoms with Crippen molar-refractivity contribution in [3.63, 3.8) is 0 Å². The van der Waals surface area contributed by atoms with Crippen molar-refractivity contribution in [2.24, 2.45) is 5.92 Å². The van der Waals surface area contributed by atoms with E-state index in [0.29, 0.717) is 18.0 Å². The van der Waals surface area contributed by atoms with E-state index in [1.54, 1.807) is 18.2 Å². The fraction of sp³-hybridized carbons (Fsp3) is 0.375. The summed E-state index contributed by atoms with van der Waals surface area (Å²) in [4.78, 5) is 23.5. The quantitative estimate of drug-likeness (QED) is 0.269. The van der Waals surface area contributed by atoms with Gasteiger partial charge in [-0.2, -0.15) is 13.2 Å². The van der Waals surface area contributed by atoms with Crippen LogP contribution in [0.2, 0.25) is 5.02 Å². The van der Waals surface area contributed by atoms with Gasteiger partial charge in [-0.15, -0.1) is 0 Å². The van der Waals surface area contributed by atoms with Crippen LogP contribution in [0.1, 0.15) is 19.4 Å². The van der Waals surface area contributed by atoms with Gasteiger partial charge in [0.05, 0.1) is 28.6 Å². The standard InChI is InChI=1S/C24H25ClF4N4O3/c1-14(2)11-30-12-15-6-7-16(26)21(22(15)25)23-32-18(10-19(34)33-23)17-4-3-5-20(31-17)36-9-8-35-13-24(27,28)29/h3-7,10,14,30H,8-9,11-13H2,1-2H3,(H,32,33,34). The molecule has 0 spiro atoms. The summed E-state index contributed by atoms with van der Waals surface area (Å²) in [5, 5.41) is 3.36. The number of hydrogen-bond donors (Lipinski definition) is 2. The first kappa shape index (κ1) is 27.6. The Morgan fingerprint density at radius 2 is 1.89 bits per heavy atom. The summed E-state index contributed by atoms with van der Waals surface area (Å²) in [5.41, 5.74) is 0.410. The minimum Gasteiger partial charge on any atom is -0.475 e. The molecule has 194 valence electrons. The van der Waals surface area contributed by atoms with Crippen molar-refractivity contribution in [3.05, 3.63) is 63.2 Å². The van der Waals surface area contributed by atoms with Crippen LogP contribution >= 0.6 is 11.6 Å². The molecule has 0 aliphatic carbocycles. The van der Waals surface area contributed by atoms with Crippen LogP contribution in [-0.4, -0.2) is 47.5 Å². The molecule has 0 saturated heterocycles. The van der Waals surface area contributed by atoms with Gasteiger partial charge in [0.2, 0.25) is 5.88 Å². The van der Waals surface area contributed by atoms with Gasteiger partial charge >= 0.3 is 6.18 Å². The molecule has 2 N–H and O–H groups in total. The van der Waals surface area contributed by atoms with E-state index in [4.69, 9.17) is 16.3 Å². The van der Waals surface area contributed by atoms with Gasteiger partial charge in [-0.25, -0.2) is 14.4 Å². The summed E-state index contributed by atoms with van der Waals surface area (Å²) in [6, 6.07) is 8.63. The largest absolute Gasteiger partial charge is 0.475 e. The van der Waals surface area contributed by atoms with Crippen molar-refractivity contribution in [2.45, 2.75) is 26.6 Å². The lowest BCUT2D eigenvalue weighted by atomic mass is 10.1. The number of hydrogen-bond acceptors (Lipinski definition) is 6. The molecule has 2 aromatic heterocycles. The Morgan fingerprint density at radius 1 is 1.11 bits per heavy atom. The number of pyridine rings is 1. The van der Waals surface area contributed by atoms with Gasteiger partial charge in [0.25, 0.3) is 5.56 Å². The molecule has 0 amide bonds. The Morgan fingerprint density at radius 3 is 2.61 bits per heavy atom. The van der Waals surface area contributed by atoms with Gasteiger partial charge in [-0.1, -0.05) is 37.6 Å². The molecule has 0 radical (unpaired) electrons. The van der Waals surface area contributed by atoms with Crippen molar-refractivity contribution >= 4 is 11.6 Å². The van der Waals surface area contributed by atoms with Gasteiger partial charge in [0, 0.05) is 18.7 Å². The topological polar surface area (TPSA) is 89.1 Å². The van der Waals surface area contributed by atoms with Crippen molar-refractivity contribution in [2.75, 3.05) is 26.4 Å². The second-order valence-electron chi connectivity index (χ2n) is 8.28. The van der Waals surface area contributed by atoms with E-state index in [9.17, 15) is 22.4 Å². The first-order valence-corrected chi connectivity index (χ1v) is 11.5. The lowest BCUT2D eigenvalue weighted by Crippen LogP contribution is -2.19. The van der Waals surface area contributed by atoms with E-state index >= 15 is 0 Å². The molecule has 1 aromatic carbocycles. The molecule has 3 rings (SSSR count). The van der Waals surface area contributed by atoms with Gasteiger partial charge < -0.3 is 19.8 Å². The number of H-pyrrole nitrogens is 1. The molecule has 2 heterocycles. The maximum Gasteiger partial charge on any atom is 0.411 e. The normalized spacial score (nSPS) is 11.8. The summed E-state index contributed by atoms with van der Waals surface area (Å²) < 4.78 is 61.0. The second kappa shape index (κ2) is 12.3. The molecule has 0 aliphatic heterocycles. The molecular weight excluding hydrogens is 504 g/mol. The van der Waals surface area contributed by atoms with Gasteiger partial charge in [-0.3, -0.25) is 4.79 Å². The summed E-state index contributed by atoms with van der Waals surface area (Å²) in [5.74, 6) is -0.219. The number of rotatable bonds is 11. The highest BCUT2D eigenvalue weighted by atomic mass is 35.5. The van der Waals surface area contributed by atoms with Gasteiger partial charge in [0.1, 0.15) is 24.9 Å². The van der Waals surface area contributed by atoms with E-state index in [-0.39, 0.29) is 46.9 Å². The SMILES string of the molecule is CC(C)CNCc1ccc(F)c(-c2nc(-c3cccc(OCCOCC(F)(F)F)n3)cc(=O)[nH]2)c1Cl. The van der Waals surface area contributed by atoms with E-state index in [0.717, 1.165) is 6.54 Å². The Labute approximate surface area is 209 Å². The third-order valence-electron chi connectivity index (χ3n) is 4.75. The lowest BCUT2D eigenvalue weighted by molar-refractivity contribution is -0.175. The Hall–Kier alpha value is -3.02. The molecule has 0 saturated carbocycles. The molecule has 36 heavy (non-hydrogen) atoms. The summed E-state index contributed by atoms with van der Waals surface area (Å²) in [6.45, 7) is 3.42. The number of ether oxygens (including phenoxy) is 2. The van der Waals surface area contributed by atoms with E-state index < -0.39 is 24.2 Å². The Kier molecular flexibility index (Phi) is 9.41. The van der Waals surface area contributed by atoms with Crippen LogP contribution in [0.5, 0.6) is 5.88 Å². The minimum atomic E-state index is -4.42. The third kappa shape index (κ3) is 8.00. The van der Waals surface area contributed by atoms with Gasteiger partial charge in [0.15, 0.2) is 0 Å². The predicted octanol–water partition coefficient (Wildman–Crippen LogP) is 4.99. The first-order valence-electron chi connectivity index (χ1n) is 11.1. The molecule has 0 unspecified atom stereocenters. The Balaban J connectivity index is 1.82. The van der Waals surface area contributed by atoms with Crippen molar-refractivity contribution in [1.29, 1.82) is 0 Å². The fourth-order valence-corrected chi connectivity index (χ4v) is 3.49. The zero-order chi connectivity index (χ0) is 26.3. The zero-order valence-corrected chi connectivity index (χ0v) is 20.3. The number of benzene rings is 1. The number of aromatic amines is 1. The number of aromatic nitrogens is 3. The van der Waals surface area contributed by atoms with Crippen molar-refractivity contribution < 1.29 is 27.0 Å². The average molecular weight is 529 g/mol. The lowest BCUT2D eigenvalue weighted by Gasteiger charge is -2.13. The maximum absolute atomic E-state index is 14.8. The monoisotopic (exact) mass is 528 g/mol. The minimum absolute atomic E-state index is 0.0475. The molecular formula is C24H25ClF4N4O3. The highest BCUT2D eigenvalue weighted by Crippen LogP contribution is 2.32. The molecule has 3 aromatic rings. The second-order valence-corrected chi connectivity index (χ2v) is 8.65. The molecule has 0 aliphatic rings. The number of nitrogens with one attached hydrogen (secondary N) is 2. The van der Waals surface area contributed by atoms with Crippen LogP contribution in [0.25, 0.3) is 22.8 Å². The summed E-state index contributed by atoms with van der Waals surface area (Å²) in [7, 11) is 0. The predicted molar refractivity (Wildman–Crippen MR) is 127 cm³/mol. The van der Waals surface area contributed by atoms with Crippen LogP contribution in [0, 0.1) is 11.7 Å². The number of halogens is 5. The maximum atomic E-state index is 14.8. The third-order valence-corrected chi connectivity index (χ3v) is 5.18. The van der Waals surface area contributed by atoms with E-state index in [1.807, 2.05) is 0 Å². The van der Waals surface area contributed by atoms with Crippen LogP contribution < -0.4 is 15.6 Å². The molecule has 0 fully saturated rings. The van der Waals surface area contributed by atoms with Crippen LogP contribution in [-0.2, 0) is 11.3 Å². The number of nitrogens with zero attached hydrogens (tertiary/aromatic N) is 2. The summed E-state index contributed by atoms with van der Waals surface area (Å²) >= 11 is 6.49. The van der Waals surface area contributed by atoms with E-state index in [2.05, 4.69) is 38.9 Å². The molecule has 0 bridgehead atoms. The van der Waals surface area contributed by atoms with Crippen LogP contribution in [0.15, 0.2) is 41.2 Å². The van der Waals surface area contributed by atoms with Crippen molar-refractivity contribution in [1.82, 2.24) is 20.3 Å². The zero-order valence-electron chi connectivity index (χ0n) is 19.6. The smallest absolute Gasteiger partial charge is 0.411 e. The highest BCUT2D eigenvalue weighted by molar-refractivity contribution is 6.34. The van der Waals surface area contributed by atoms with Crippen molar-refractivity contribution in [3.8, 4) is 28.7 Å².